The first-order chi connectivity index (χ1) is 14.4. The van der Waals surface area contributed by atoms with Crippen LogP contribution in [0.1, 0.15) is 6.42 Å². The molecule has 0 N–H and O–H groups in total. The highest BCUT2D eigenvalue weighted by molar-refractivity contribution is 7.99. The van der Waals surface area contributed by atoms with Crippen LogP contribution in [0.2, 0.25) is 0 Å². The second kappa shape index (κ2) is 10.7. The van der Waals surface area contributed by atoms with E-state index in [4.69, 9.17) is 4.74 Å². The maximum absolute atomic E-state index is 13.3. The van der Waals surface area contributed by atoms with Crippen LogP contribution in [0, 0.1) is 5.82 Å². The number of hydrogen-bond donors (Lipinski definition) is 0. The highest BCUT2D eigenvalue weighted by atomic mass is 32.2. The molecule has 0 saturated carbocycles. The first-order valence-corrected chi connectivity index (χ1v) is 12.5. The van der Waals surface area contributed by atoms with E-state index in [1.165, 1.54) is 28.2 Å². The lowest BCUT2D eigenvalue weighted by atomic mass is 10.2. The van der Waals surface area contributed by atoms with Crippen LogP contribution in [-0.4, -0.2) is 90.8 Å². The number of aromatic nitrogens is 3. The van der Waals surface area contributed by atoms with E-state index in [-0.39, 0.29) is 11.6 Å². The van der Waals surface area contributed by atoms with Crippen molar-refractivity contribution < 1.29 is 17.5 Å². The van der Waals surface area contributed by atoms with Crippen molar-refractivity contribution in [2.75, 3.05) is 58.4 Å². The van der Waals surface area contributed by atoms with Gasteiger partial charge in [-0.15, -0.1) is 10.2 Å². The predicted octanol–water partition coefficient (Wildman–Crippen LogP) is 1.79. The molecule has 0 bridgehead atoms. The molecule has 166 valence electrons. The average Bonchev–Trinajstić information content (AvgIpc) is 3.13. The summed E-state index contributed by atoms with van der Waals surface area (Å²) in [6, 6.07) is 6.22. The van der Waals surface area contributed by atoms with Gasteiger partial charge in [0.25, 0.3) is 0 Å². The third-order valence-corrected chi connectivity index (χ3v) is 7.87. The molecule has 1 aromatic carbocycles. The van der Waals surface area contributed by atoms with Crippen LogP contribution in [0.15, 0.2) is 29.4 Å². The van der Waals surface area contributed by atoms with Crippen LogP contribution in [0.4, 0.5) is 4.39 Å². The Morgan fingerprint density at radius 3 is 2.50 bits per heavy atom. The smallest absolute Gasteiger partial charge is 0.213 e. The fourth-order valence-electron chi connectivity index (χ4n) is 3.06. The van der Waals surface area contributed by atoms with Crippen molar-refractivity contribution in [3.8, 4) is 11.4 Å². The molecule has 2 heterocycles. The van der Waals surface area contributed by atoms with Gasteiger partial charge in [0.1, 0.15) is 5.82 Å². The Bertz CT molecular complexity index is 913. The van der Waals surface area contributed by atoms with Crippen LogP contribution in [0.25, 0.3) is 11.4 Å². The highest BCUT2D eigenvalue weighted by Crippen LogP contribution is 2.25. The van der Waals surface area contributed by atoms with Crippen molar-refractivity contribution >= 4 is 21.8 Å². The van der Waals surface area contributed by atoms with E-state index >= 15 is 0 Å². The van der Waals surface area contributed by atoms with Crippen molar-refractivity contribution in [3.05, 3.63) is 30.1 Å². The minimum absolute atomic E-state index is 0.0970. The van der Waals surface area contributed by atoms with E-state index < -0.39 is 10.0 Å². The van der Waals surface area contributed by atoms with Gasteiger partial charge in [-0.3, -0.25) is 4.90 Å². The Labute approximate surface area is 181 Å². The number of sulfonamides is 1. The number of ether oxygens (including phenoxy) is 1. The van der Waals surface area contributed by atoms with E-state index in [0.29, 0.717) is 24.5 Å². The van der Waals surface area contributed by atoms with Crippen LogP contribution < -0.4 is 0 Å². The molecule has 1 aliphatic heterocycles. The Morgan fingerprint density at radius 2 is 1.83 bits per heavy atom. The molecule has 1 aliphatic rings. The lowest BCUT2D eigenvalue weighted by Crippen LogP contribution is -2.38. The largest absolute Gasteiger partial charge is 0.379 e. The predicted molar refractivity (Wildman–Crippen MR) is 115 cm³/mol. The van der Waals surface area contributed by atoms with Crippen molar-refractivity contribution in [1.82, 2.24) is 24.0 Å². The number of halogens is 1. The molecular formula is C19H28FN5O3S2. The van der Waals surface area contributed by atoms with Crippen LogP contribution in [-0.2, 0) is 21.3 Å². The molecule has 1 fully saturated rings. The number of nitrogens with zero attached hydrogens (tertiary/aromatic N) is 5. The Kier molecular flexibility index (Phi) is 8.23. The van der Waals surface area contributed by atoms with Gasteiger partial charge < -0.3 is 9.30 Å². The summed E-state index contributed by atoms with van der Waals surface area (Å²) < 4.78 is 45.9. The third kappa shape index (κ3) is 6.24. The minimum Gasteiger partial charge on any atom is -0.379 e. The van der Waals surface area contributed by atoms with Crippen molar-refractivity contribution in [2.24, 2.45) is 0 Å². The summed E-state index contributed by atoms with van der Waals surface area (Å²) in [5.41, 5.74) is 0.799. The maximum Gasteiger partial charge on any atom is 0.213 e. The first-order valence-electron chi connectivity index (χ1n) is 9.89. The lowest BCUT2D eigenvalue weighted by Gasteiger charge is -2.27. The van der Waals surface area contributed by atoms with Gasteiger partial charge in [0.2, 0.25) is 10.0 Å². The zero-order valence-corrected chi connectivity index (χ0v) is 19.0. The molecule has 0 amide bonds. The van der Waals surface area contributed by atoms with Gasteiger partial charge in [0.05, 0.1) is 19.0 Å². The number of morpholine rings is 1. The molecule has 0 unspecified atom stereocenters. The Hall–Kier alpha value is -1.53. The van der Waals surface area contributed by atoms with Gasteiger partial charge in [-0.1, -0.05) is 11.8 Å². The van der Waals surface area contributed by atoms with Crippen molar-refractivity contribution in [3.63, 3.8) is 0 Å². The quantitative estimate of drug-likeness (QED) is 0.397. The van der Waals surface area contributed by atoms with Gasteiger partial charge in [-0.05, 0) is 30.7 Å². The topological polar surface area (TPSA) is 80.6 Å². The molecule has 0 spiro atoms. The lowest BCUT2D eigenvalue weighted by molar-refractivity contribution is 0.0361. The molecule has 3 rings (SSSR count). The fourth-order valence-corrected chi connectivity index (χ4v) is 5.02. The van der Waals surface area contributed by atoms with E-state index in [2.05, 4.69) is 15.1 Å². The fraction of sp³-hybridized carbons (Fsp3) is 0.579. The third-order valence-electron chi connectivity index (χ3n) is 4.90. The highest BCUT2D eigenvalue weighted by Gasteiger charge is 2.18. The van der Waals surface area contributed by atoms with Crippen molar-refractivity contribution in [1.29, 1.82) is 0 Å². The Balaban J connectivity index is 1.70. The normalized spacial score (nSPS) is 15.7. The van der Waals surface area contributed by atoms with E-state index in [1.54, 1.807) is 26.2 Å². The molecule has 0 aliphatic carbocycles. The van der Waals surface area contributed by atoms with Gasteiger partial charge in [-0.25, -0.2) is 17.1 Å². The van der Waals surface area contributed by atoms with Crippen LogP contribution >= 0.6 is 11.8 Å². The summed E-state index contributed by atoms with van der Waals surface area (Å²) in [5.74, 6) is 1.10. The number of benzene rings is 1. The summed E-state index contributed by atoms with van der Waals surface area (Å²) >= 11 is 1.49. The van der Waals surface area contributed by atoms with Crippen LogP contribution in [0.5, 0.6) is 0 Å². The van der Waals surface area contributed by atoms with Gasteiger partial charge >= 0.3 is 0 Å². The molecule has 0 atom stereocenters. The monoisotopic (exact) mass is 457 g/mol. The summed E-state index contributed by atoms with van der Waals surface area (Å²) in [4.78, 5) is 2.33. The molecule has 8 nitrogen and oxygen atoms in total. The zero-order chi connectivity index (χ0) is 21.6. The summed E-state index contributed by atoms with van der Waals surface area (Å²) in [7, 11) is -0.123. The summed E-state index contributed by atoms with van der Waals surface area (Å²) in [6.45, 7) is 4.76. The maximum atomic E-state index is 13.3. The SMILES string of the molecule is CN(C)S(=O)(=O)CCCSc1nnc(-c2ccc(F)cc2)n1CCN1CCOCC1. The molecule has 30 heavy (non-hydrogen) atoms. The number of rotatable bonds is 10. The van der Waals surface area contributed by atoms with Gasteiger partial charge in [0.15, 0.2) is 11.0 Å². The molecule has 1 aromatic heterocycles. The van der Waals surface area contributed by atoms with E-state index in [1.807, 2.05) is 4.57 Å². The van der Waals surface area contributed by atoms with E-state index in [9.17, 15) is 12.8 Å². The van der Waals surface area contributed by atoms with Crippen LogP contribution in [0.3, 0.4) is 0 Å². The summed E-state index contributed by atoms with van der Waals surface area (Å²) in [6.07, 6.45) is 0.521. The molecule has 2 aromatic rings. The molecule has 1 saturated heterocycles. The Morgan fingerprint density at radius 1 is 1.13 bits per heavy atom. The second-order valence-corrected chi connectivity index (χ2v) is 10.6. The standard InChI is InChI=1S/C19H28FN5O3S2/c1-23(2)30(26,27)15-3-14-29-19-22-21-18(16-4-6-17(20)7-5-16)25(19)9-8-24-10-12-28-13-11-24/h4-7H,3,8-15H2,1-2H3. The molecule has 0 radical (unpaired) electrons. The van der Waals surface area contributed by atoms with Crippen molar-refractivity contribution in [2.45, 2.75) is 18.1 Å². The minimum atomic E-state index is -3.21. The number of thioether (sulfide) groups is 1. The first kappa shape index (κ1) is 23.1. The van der Waals surface area contributed by atoms with E-state index in [0.717, 1.165) is 43.6 Å². The summed E-state index contributed by atoms with van der Waals surface area (Å²) in [5, 5.41) is 9.40. The molecule has 11 heteroatoms. The second-order valence-electron chi connectivity index (χ2n) is 7.22. The average molecular weight is 458 g/mol. The molecular weight excluding hydrogens is 429 g/mol. The number of hydrogen-bond acceptors (Lipinski definition) is 7. The van der Waals surface area contributed by atoms with Gasteiger partial charge in [-0.2, -0.15) is 0 Å². The zero-order valence-electron chi connectivity index (χ0n) is 17.3. The van der Waals surface area contributed by atoms with Gasteiger partial charge in [0, 0.05) is 51.6 Å².